The summed E-state index contributed by atoms with van der Waals surface area (Å²) < 4.78 is 0. The molecule has 1 aliphatic heterocycles. The first-order valence-corrected chi connectivity index (χ1v) is 9.44. The Morgan fingerprint density at radius 2 is 2.00 bits per heavy atom. The fraction of sp³-hybridized carbons (Fsp3) is 0.500. The number of aryl methyl sites for hydroxylation is 1. The first kappa shape index (κ1) is 19.2. The highest BCUT2D eigenvalue weighted by Crippen LogP contribution is 2.12. The number of pyridine rings is 1. The zero-order valence-electron chi connectivity index (χ0n) is 16.2. The average Bonchev–Trinajstić information content (AvgIpc) is 2.62. The van der Waals surface area contributed by atoms with Gasteiger partial charge < -0.3 is 9.88 Å². The van der Waals surface area contributed by atoms with Crippen LogP contribution in [0.1, 0.15) is 41.3 Å². The molecule has 1 aliphatic rings. The number of amides is 1. The Labute approximate surface area is 159 Å². The van der Waals surface area contributed by atoms with Crippen LogP contribution in [-0.2, 0) is 13.0 Å². The molecule has 0 radical (unpaired) electrons. The summed E-state index contributed by atoms with van der Waals surface area (Å²) in [7, 11) is 0. The van der Waals surface area contributed by atoms with E-state index in [-0.39, 0.29) is 11.6 Å². The van der Waals surface area contributed by atoms with Gasteiger partial charge in [0.1, 0.15) is 5.69 Å². The number of rotatable bonds is 5. The smallest absolute Gasteiger partial charge is 0.335 e. The van der Waals surface area contributed by atoms with E-state index >= 15 is 0 Å². The summed E-state index contributed by atoms with van der Waals surface area (Å²) in [5.41, 5.74) is 2.80. The fourth-order valence-corrected chi connectivity index (χ4v) is 3.33. The number of piperazine rings is 1. The summed E-state index contributed by atoms with van der Waals surface area (Å²) in [4.78, 5) is 39.7. The maximum Gasteiger partial charge on any atom is 0.345 e. The number of aromatic nitrogens is 3. The number of aromatic amines is 1. The first-order chi connectivity index (χ1) is 12.9. The monoisotopic (exact) mass is 369 g/mol. The van der Waals surface area contributed by atoms with E-state index in [2.05, 4.69) is 46.7 Å². The summed E-state index contributed by atoms with van der Waals surface area (Å²) in [6.45, 7) is 9.81. The lowest BCUT2D eigenvalue weighted by molar-refractivity contribution is 0.0620. The standard InChI is InChI=1S/C20H27N5O2/c1-14(2)11-16-12-17(23-20(27)22-16)19(26)25-9-7-24(8-10-25)13-18-15(3)5-4-6-21-18/h4-6,12,14H,7-11,13H2,1-3H3,(H,22,23,27). The van der Waals surface area contributed by atoms with E-state index in [0.717, 1.165) is 37.4 Å². The van der Waals surface area contributed by atoms with Crippen LogP contribution in [0.25, 0.3) is 0 Å². The first-order valence-electron chi connectivity index (χ1n) is 9.44. The third kappa shape index (κ3) is 5.01. The lowest BCUT2D eigenvalue weighted by Crippen LogP contribution is -2.48. The van der Waals surface area contributed by atoms with E-state index < -0.39 is 5.69 Å². The van der Waals surface area contributed by atoms with Crippen molar-refractivity contribution in [3.63, 3.8) is 0 Å². The zero-order chi connectivity index (χ0) is 19.4. The van der Waals surface area contributed by atoms with Gasteiger partial charge in [0.15, 0.2) is 0 Å². The van der Waals surface area contributed by atoms with Gasteiger partial charge in [-0.25, -0.2) is 4.79 Å². The van der Waals surface area contributed by atoms with Crippen molar-refractivity contribution in [1.82, 2.24) is 24.8 Å². The highest BCUT2D eigenvalue weighted by atomic mass is 16.2. The molecule has 0 aromatic carbocycles. The lowest BCUT2D eigenvalue weighted by Gasteiger charge is -2.34. The summed E-state index contributed by atoms with van der Waals surface area (Å²) in [6.07, 6.45) is 2.53. The second kappa shape index (κ2) is 8.43. The molecule has 1 amide bonds. The quantitative estimate of drug-likeness (QED) is 0.866. The van der Waals surface area contributed by atoms with E-state index in [0.29, 0.717) is 19.0 Å². The SMILES string of the molecule is Cc1cccnc1CN1CCN(C(=O)c2cc(CC(C)C)[nH]c(=O)n2)CC1. The molecule has 1 saturated heterocycles. The van der Waals surface area contributed by atoms with Crippen LogP contribution in [0.3, 0.4) is 0 Å². The van der Waals surface area contributed by atoms with Crippen LogP contribution in [-0.4, -0.2) is 56.8 Å². The number of nitrogens with one attached hydrogen (secondary N) is 1. The Hall–Kier alpha value is -2.54. The Bertz CT molecular complexity index is 853. The van der Waals surface area contributed by atoms with Gasteiger partial charge in [0.05, 0.1) is 5.69 Å². The van der Waals surface area contributed by atoms with Crippen LogP contribution in [0.4, 0.5) is 0 Å². The third-order valence-corrected chi connectivity index (χ3v) is 4.80. The molecule has 0 atom stereocenters. The molecular formula is C20H27N5O2. The van der Waals surface area contributed by atoms with Gasteiger partial charge in [-0.3, -0.25) is 14.7 Å². The van der Waals surface area contributed by atoms with Gasteiger partial charge in [0, 0.05) is 44.6 Å². The molecular weight excluding hydrogens is 342 g/mol. The second-order valence-corrected chi connectivity index (χ2v) is 7.53. The zero-order valence-corrected chi connectivity index (χ0v) is 16.2. The van der Waals surface area contributed by atoms with E-state index in [1.807, 2.05) is 12.3 Å². The van der Waals surface area contributed by atoms with E-state index in [4.69, 9.17) is 0 Å². The van der Waals surface area contributed by atoms with Crippen molar-refractivity contribution in [3.05, 3.63) is 57.5 Å². The summed E-state index contributed by atoms with van der Waals surface area (Å²) in [6, 6.07) is 5.72. The molecule has 2 aromatic rings. The van der Waals surface area contributed by atoms with Crippen molar-refractivity contribution in [1.29, 1.82) is 0 Å². The molecule has 7 heteroatoms. The van der Waals surface area contributed by atoms with Gasteiger partial charge in [-0.1, -0.05) is 19.9 Å². The molecule has 1 N–H and O–H groups in total. The topological polar surface area (TPSA) is 82.2 Å². The predicted molar refractivity (Wildman–Crippen MR) is 104 cm³/mol. The Balaban J connectivity index is 1.62. The van der Waals surface area contributed by atoms with E-state index in [9.17, 15) is 9.59 Å². The van der Waals surface area contributed by atoms with Crippen LogP contribution in [0.5, 0.6) is 0 Å². The van der Waals surface area contributed by atoms with Crippen LogP contribution in [0.15, 0.2) is 29.2 Å². The number of H-pyrrole nitrogens is 1. The molecule has 2 aromatic heterocycles. The van der Waals surface area contributed by atoms with Crippen molar-refractivity contribution in [2.75, 3.05) is 26.2 Å². The fourth-order valence-electron chi connectivity index (χ4n) is 3.33. The Morgan fingerprint density at radius 1 is 1.26 bits per heavy atom. The van der Waals surface area contributed by atoms with Crippen molar-refractivity contribution in [3.8, 4) is 0 Å². The molecule has 0 spiro atoms. The highest BCUT2D eigenvalue weighted by Gasteiger charge is 2.24. The third-order valence-electron chi connectivity index (χ3n) is 4.80. The minimum atomic E-state index is -0.458. The van der Waals surface area contributed by atoms with E-state index in [1.54, 1.807) is 11.0 Å². The van der Waals surface area contributed by atoms with Crippen LogP contribution >= 0.6 is 0 Å². The average molecular weight is 369 g/mol. The Kier molecular flexibility index (Phi) is 6.01. The number of nitrogens with zero attached hydrogens (tertiary/aromatic N) is 4. The van der Waals surface area contributed by atoms with Crippen LogP contribution < -0.4 is 5.69 Å². The molecule has 0 saturated carbocycles. The molecule has 0 aliphatic carbocycles. The van der Waals surface area contributed by atoms with Gasteiger partial charge in [-0.15, -0.1) is 0 Å². The number of carbonyl (C=O) groups is 1. The van der Waals surface area contributed by atoms with Crippen molar-refractivity contribution < 1.29 is 4.79 Å². The summed E-state index contributed by atoms with van der Waals surface area (Å²) in [5.74, 6) is 0.226. The van der Waals surface area contributed by atoms with Crippen molar-refractivity contribution in [2.24, 2.45) is 5.92 Å². The molecule has 0 unspecified atom stereocenters. The van der Waals surface area contributed by atoms with Crippen molar-refractivity contribution >= 4 is 5.91 Å². The molecule has 7 nitrogen and oxygen atoms in total. The van der Waals surface area contributed by atoms with E-state index in [1.165, 1.54) is 5.56 Å². The van der Waals surface area contributed by atoms with Gasteiger partial charge in [0.2, 0.25) is 0 Å². The maximum absolute atomic E-state index is 12.8. The minimum Gasteiger partial charge on any atom is -0.335 e. The number of hydrogen-bond donors (Lipinski definition) is 1. The molecule has 144 valence electrons. The van der Waals surface area contributed by atoms with Gasteiger partial charge in [-0.05, 0) is 37.0 Å². The van der Waals surface area contributed by atoms with Crippen LogP contribution in [0, 0.1) is 12.8 Å². The second-order valence-electron chi connectivity index (χ2n) is 7.53. The summed E-state index contributed by atoms with van der Waals surface area (Å²) >= 11 is 0. The molecule has 0 bridgehead atoms. The van der Waals surface area contributed by atoms with Gasteiger partial charge in [0.25, 0.3) is 5.91 Å². The van der Waals surface area contributed by atoms with Crippen molar-refractivity contribution in [2.45, 2.75) is 33.7 Å². The van der Waals surface area contributed by atoms with Crippen LogP contribution in [0.2, 0.25) is 0 Å². The highest BCUT2D eigenvalue weighted by molar-refractivity contribution is 5.92. The Morgan fingerprint density at radius 3 is 2.67 bits per heavy atom. The number of hydrogen-bond acceptors (Lipinski definition) is 5. The largest absolute Gasteiger partial charge is 0.345 e. The van der Waals surface area contributed by atoms with Gasteiger partial charge in [-0.2, -0.15) is 4.98 Å². The maximum atomic E-state index is 12.8. The summed E-state index contributed by atoms with van der Waals surface area (Å²) in [5, 5.41) is 0. The lowest BCUT2D eigenvalue weighted by atomic mass is 10.1. The molecule has 1 fully saturated rings. The predicted octanol–water partition coefficient (Wildman–Crippen LogP) is 1.63. The normalized spacial score (nSPS) is 15.3. The number of carbonyl (C=O) groups excluding carboxylic acids is 1. The molecule has 3 rings (SSSR count). The van der Waals surface area contributed by atoms with Gasteiger partial charge >= 0.3 is 5.69 Å². The molecule has 27 heavy (non-hydrogen) atoms. The molecule has 3 heterocycles. The minimum absolute atomic E-state index is 0.167.